The molecular weight excluding hydrogens is 365 g/mol. The highest BCUT2D eigenvalue weighted by Gasteiger charge is 2.42. The molecule has 134 valence electrons. The van der Waals surface area contributed by atoms with Gasteiger partial charge in [0.05, 0.1) is 11.1 Å². The minimum absolute atomic E-state index is 0.417. The molecule has 0 aromatic heterocycles. The molecule has 0 fully saturated rings. The van der Waals surface area contributed by atoms with Crippen LogP contribution in [0.15, 0.2) is 36.4 Å². The topological polar surface area (TPSA) is 17.1 Å². The third kappa shape index (κ3) is 4.40. The van der Waals surface area contributed by atoms with Crippen LogP contribution < -0.4 is 5.30 Å². The maximum absolute atomic E-state index is 13.1. The van der Waals surface area contributed by atoms with Crippen molar-refractivity contribution in [2.24, 2.45) is 0 Å². The van der Waals surface area contributed by atoms with Crippen LogP contribution in [0.3, 0.4) is 0 Å². The molecule has 0 saturated carbocycles. The molecule has 2 aromatic rings. The zero-order valence-corrected chi connectivity index (χ0v) is 14.1. The van der Waals surface area contributed by atoms with Crippen LogP contribution in [0, 0.1) is 13.8 Å². The summed E-state index contributed by atoms with van der Waals surface area (Å²) in [4.78, 5) is 12.4. The van der Waals surface area contributed by atoms with Gasteiger partial charge < -0.3 is 0 Å². The molecule has 0 N–H and O–H groups in total. The lowest BCUT2D eigenvalue weighted by molar-refractivity contribution is -0.143. The van der Waals surface area contributed by atoms with Crippen LogP contribution in [0.1, 0.15) is 32.6 Å². The molecule has 0 saturated heterocycles. The third-order valence-electron chi connectivity index (χ3n) is 3.53. The summed E-state index contributed by atoms with van der Waals surface area (Å²) in [7, 11) is -0.837. The molecule has 2 rings (SSSR count). The van der Waals surface area contributed by atoms with E-state index in [0.29, 0.717) is 29.1 Å². The van der Waals surface area contributed by atoms with E-state index in [-0.39, 0.29) is 0 Å². The van der Waals surface area contributed by atoms with E-state index in [9.17, 15) is 31.1 Å². The van der Waals surface area contributed by atoms with E-state index >= 15 is 0 Å². The molecule has 2 aromatic carbocycles. The first-order valence-corrected chi connectivity index (χ1v) is 8.07. The zero-order valence-electron chi connectivity index (χ0n) is 13.1. The Hall–Kier alpha value is -1.88. The van der Waals surface area contributed by atoms with Gasteiger partial charge in [-0.1, -0.05) is 29.8 Å². The van der Waals surface area contributed by atoms with Crippen LogP contribution >= 0.6 is 8.58 Å². The molecule has 1 nitrogen and oxygen atoms in total. The second-order valence-corrected chi connectivity index (χ2v) is 6.74. The summed E-state index contributed by atoms with van der Waals surface area (Å²) in [6.45, 7) is 3.45. The van der Waals surface area contributed by atoms with Crippen molar-refractivity contribution < 1.29 is 31.1 Å². The molecule has 8 heteroatoms. The van der Waals surface area contributed by atoms with E-state index in [1.165, 1.54) is 0 Å². The van der Waals surface area contributed by atoms with Crippen molar-refractivity contribution in [1.82, 2.24) is 0 Å². The molecular formula is C17H13F6OP. The zero-order chi connectivity index (χ0) is 19.0. The average Bonchev–Trinajstić information content (AvgIpc) is 2.47. The van der Waals surface area contributed by atoms with Gasteiger partial charge in [-0.05, 0) is 45.4 Å². The van der Waals surface area contributed by atoms with Gasteiger partial charge in [0.2, 0.25) is 0 Å². The Kier molecular flexibility index (Phi) is 5.28. The fourth-order valence-electron chi connectivity index (χ4n) is 2.41. The lowest BCUT2D eigenvalue weighted by Crippen LogP contribution is -2.19. The van der Waals surface area contributed by atoms with Crippen molar-refractivity contribution in [3.8, 4) is 0 Å². The lowest BCUT2D eigenvalue weighted by Gasteiger charge is -2.18. The predicted octanol–water partition coefficient (Wildman–Crippen LogP) is 5.49. The number of hydrogen-bond donors (Lipinski definition) is 0. The van der Waals surface area contributed by atoms with E-state index in [1.807, 2.05) is 0 Å². The van der Waals surface area contributed by atoms with Crippen molar-refractivity contribution in [3.05, 3.63) is 64.2 Å². The summed E-state index contributed by atoms with van der Waals surface area (Å²) >= 11 is 0. The normalized spacial score (nSPS) is 12.8. The van der Waals surface area contributed by atoms with Gasteiger partial charge in [0, 0.05) is 5.56 Å². The van der Waals surface area contributed by atoms with Gasteiger partial charge in [-0.25, -0.2) is 0 Å². The minimum Gasteiger partial charge on any atom is -0.289 e. The highest BCUT2D eigenvalue weighted by atomic mass is 31.1. The molecule has 0 heterocycles. The molecule has 0 radical (unpaired) electrons. The van der Waals surface area contributed by atoms with Gasteiger partial charge >= 0.3 is 12.4 Å². The van der Waals surface area contributed by atoms with Gasteiger partial charge in [0.15, 0.2) is 5.52 Å². The molecule has 0 bridgehead atoms. The molecule has 0 amide bonds. The molecule has 0 aliphatic rings. The minimum atomic E-state index is -5.06. The fraction of sp³-hybridized carbons (Fsp3) is 0.235. The summed E-state index contributed by atoms with van der Waals surface area (Å²) in [6.07, 6.45) is -10.1. The van der Waals surface area contributed by atoms with Crippen molar-refractivity contribution in [3.63, 3.8) is 0 Å². The fourth-order valence-corrected chi connectivity index (χ4v) is 3.48. The van der Waals surface area contributed by atoms with Gasteiger partial charge in [0.25, 0.3) is 0 Å². The van der Waals surface area contributed by atoms with Crippen molar-refractivity contribution >= 4 is 19.4 Å². The molecule has 0 spiro atoms. The van der Waals surface area contributed by atoms with Crippen LogP contribution in [-0.2, 0) is 12.4 Å². The van der Waals surface area contributed by atoms with Crippen molar-refractivity contribution in [2.45, 2.75) is 26.2 Å². The van der Waals surface area contributed by atoms with Crippen molar-refractivity contribution in [1.29, 1.82) is 0 Å². The predicted molar refractivity (Wildman–Crippen MR) is 84.6 cm³/mol. The SMILES string of the molecule is Cc1ccc(PC(=O)c2c(C(F)(F)F)cccc2C(F)(F)F)c(C)c1. The third-order valence-corrected chi connectivity index (χ3v) is 4.84. The monoisotopic (exact) mass is 378 g/mol. The largest absolute Gasteiger partial charge is 0.417 e. The van der Waals surface area contributed by atoms with Crippen LogP contribution in [-0.4, -0.2) is 5.52 Å². The number of carbonyl (C=O) groups is 1. The Labute approximate surface area is 141 Å². The number of halogens is 6. The second kappa shape index (κ2) is 6.79. The Bertz CT molecular complexity index is 776. The van der Waals surface area contributed by atoms with Gasteiger partial charge in [0.1, 0.15) is 0 Å². The molecule has 1 unspecified atom stereocenters. The first kappa shape index (κ1) is 19.4. The molecule has 0 aliphatic carbocycles. The molecule has 1 atom stereocenters. The van der Waals surface area contributed by atoms with Crippen LogP contribution in [0.2, 0.25) is 0 Å². The van der Waals surface area contributed by atoms with E-state index in [0.717, 1.165) is 5.56 Å². The Morgan fingerprint density at radius 1 is 0.880 bits per heavy atom. The molecule has 25 heavy (non-hydrogen) atoms. The average molecular weight is 378 g/mol. The van der Waals surface area contributed by atoms with Crippen molar-refractivity contribution in [2.75, 3.05) is 0 Å². The summed E-state index contributed by atoms with van der Waals surface area (Å²) in [5, 5.41) is 0.417. The van der Waals surface area contributed by atoms with Crippen LogP contribution in [0.5, 0.6) is 0 Å². The second-order valence-electron chi connectivity index (χ2n) is 5.50. The summed E-state index contributed by atoms with van der Waals surface area (Å²) in [5.41, 5.74) is -4.11. The van der Waals surface area contributed by atoms with E-state index < -0.39 is 43.1 Å². The summed E-state index contributed by atoms with van der Waals surface area (Å²) < 4.78 is 78.8. The quantitative estimate of drug-likeness (QED) is 0.510. The van der Waals surface area contributed by atoms with Crippen LogP contribution in [0.4, 0.5) is 26.3 Å². The highest BCUT2D eigenvalue weighted by molar-refractivity contribution is 7.66. The Balaban J connectivity index is 2.57. The number of aryl methyl sites for hydroxylation is 2. The standard InChI is InChI=1S/C17H13F6OP/c1-9-6-7-13(10(2)8-9)25-15(24)14-11(16(18,19)20)4-3-5-12(14)17(21,22)23/h3-8,25H,1-2H3. The van der Waals surface area contributed by atoms with E-state index in [4.69, 9.17) is 0 Å². The first-order valence-electron chi connectivity index (χ1n) is 7.07. The Morgan fingerprint density at radius 3 is 1.84 bits per heavy atom. The van der Waals surface area contributed by atoms with Gasteiger partial charge in [-0.15, -0.1) is 0 Å². The maximum atomic E-state index is 13.1. The molecule has 0 aliphatic heterocycles. The lowest BCUT2D eigenvalue weighted by atomic mass is 10.0. The summed E-state index contributed by atoms with van der Waals surface area (Å²) in [6, 6.07) is 6.57. The summed E-state index contributed by atoms with van der Waals surface area (Å²) in [5.74, 6) is 0. The van der Waals surface area contributed by atoms with E-state index in [1.54, 1.807) is 32.0 Å². The smallest absolute Gasteiger partial charge is 0.289 e. The van der Waals surface area contributed by atoms with Crippen LogP contribution in [0.25, 0.3) is 0 Å². The number of hydrogen-bond acceptors (Lipinski definition) is 1. The number of rotatable bonds is 3. The van der Waals surface area contributed by atoms with E-state index in [2.05, 4.69) is 0 Å². The number of alkyl halides is 6. The maximum Gasteiger partial charge on any atom is 0.417 e. The Morgan fingerprint density at radius 2 is 1.40 bits per heavy atom. The number of benzene rings is 2. The van der Waals surface area contributed by atoms with Gasteiger partial charge in [-0.3, -0.25) is 4.79 Å². The van der Waals surface area contributed by atoms with Gasteiger partial charge in [-0.2, -0.15) is 26.3 Å². The first-order chi connectivity index (χ1) is 11.4. The highest BCUT2D eigenvalue weighted by Crippen LogP contribution is 2.41. The number of carbonyl (C=O) groups excluding carboxylic acids is 1.